The summed E-state index contributed by atoms with van der Waals surface area (Å²) in [5.41, 5.74) is 7.63. The summed E-state index contributed by atoms with van der Waals surface area (Å²) in [6.07, 6.45) is 2.06. The molecule has 0 saturated heterocycles. The van der Waals surface area contributed by atoms with Crippen LogP contribution < -0.4 is 11.1 Å². The zero-order chi connectivity index (χ0) is 23.7. The van der Waals surface area contributed by atoms with E-state index in [-0.39, 0.29) is 29.5 Å². The zero-order valence-corrected chi connectivity index (χ0v) is 18.0. The number of nitrogens with one attached hydrogen (secondary N) is 1. The second kappa shape index (κ2) is 11.5. The van der Waals surface area contributed by atoms with Gasteiger partial charge >= 0.3 is 0 Å². The quantitative estimate of drug-likeness (QED) is 0.397. The topological polar surface area (TPSA) is 135 Å². The standard InChI is InChI=1S/C19H18F2N8O.C2H6/c1-11(30)13-7-12(8-26-18(13)23)17-14(9-29(28-17)10-16(20)21)15-3-6-25-19(27-15)24-5-2-4-22;1-2/h3,6-9,16H,2,5,10H2,1H3,(H2,23,26)(H,24,25,27);1-2H3. The second-order valence-electron chi connectivity index (χ2n) is 6.32. The number of nitriles is 1. The van der Waals surface area contributed by atoms with Gasteiger partial charge in [0.25, 0.3) is 6.43 Å². The molecule has 0 atom stereocenters. The van der Waals surface area contributed by atoms with E-state index in [9.17, 15) is 13.6 Å². The molecule has 0 saturated carbocycles. The Bertz CT molecular complexity index is 1110. The maximum atomic E-state index is 12.9. The second-order valence-corrected chi connectivity index (χ2v) is 6.32. The number of pyridine rings is 1. The average molecular weight is 442 g/mol. The van der Waals surface area contributed by atoms with Crippen molar-refractivity contribution in [1.29, 1.82) is 5.26 Å². The van der Waals surface area contributed by atoms with Gasteiger partial charge in [0.1, 0.15) is 18.1 Å². The van der Waals surface area contributed by atoms with E-state index in [4.69, 9.17) is 11.0 Å². The maximum absolute atomic E-state index is 12.9. The van der Waals surface area contributed by atoms with E-state index in [2.05, 4.69) is 25.4 Å². The van der Waals surface area contributed by atoms with Crippen molar-refractivity contribution < 1.29 is 13.6 Å². The molecule has 0 spiro atoms. The van der Waals surface area contributed by atoms with E-state index >= 15 is 0 Å². The number of carbonyl (C=O) groups excluding carboxylic acids is 1. The summed E-state index contributed by atoms with van der Waals surface area (Å²) < 4.78 is 27.0. The SMILES string of the molecule is CC.CC(=O)c1cc(-c2nn(CC(F)F)cc2-c2ccnc(NCCC#N)n2)cnc1N. The summed E-state index contributed by atoms with van der Waals surface area (Å²) >= 11 is 0. The number of anilines is 2. The first-order valence-electron chi connectivity index (χ1n) is 9.95. The van der Waals surface area contributed by atoms with E-state index in [1.807, 2.05) is 19.9 Å². The molecule has 0 aliphatic heterocycles. The average Bonchev–Trinajstić information content (AvgIpc) is 3.19. The fourth-order valence-electron chi connectivity index (χ4n) is 2.77. The maximum Gasteiger partial charge on any atom is 0.257 e. The Morgan fingerprint density at radius 2 is 2.09 bits per heavy atom. The molecular formula is C21H24F2N8O. The van der Waals surface area contributed by atoms with Crippen molar-refractivity contribution in [2.75, 3.05) is 17.6 Å². The molecule has 0 unspecified atom stereocenters. The summed E-state index contributed by atoms with van der Waals surface area (Å²) in [7, 11) is 0. The van der Waals surface area contributed by atoms with E-state index in [1.165, 1.54) is 31.6 Å². The van der Waals surface area contributed by atoms with Gasteiger partial charge < -0.3 is 11.1 Å². The molecule has 0 aromatic carbocycles. The van der Waals surface area contributed by atoms with Gasteiger partial charge in [-0.3, -0.25) is 9.48 Å². The summed E-state index contributed by atoms with van der Waals surface area (Å²) in [4.78, 5) is 24.3. The van der Waals surface area contributed by atoms with Crippen molar-refractivity contribution in [3.63, 3.8) is 0 Å². The van der Waals surface area contributed by atoms with Crippen molar-refractivity contribution in [1.82, 2.24) is 24.7 Å². The molecule has 9 nitrogen and oxygen atoms in total. The normalized spacial score (nSPS) is 10.3. The number of hydrogen-bond donors (Lipinski definition) is 2. The molecule has 3 rings (SSSR count). The van der Waals surface area contributed by atoms with Gasteiger partial charge in [0.05, 0.1) is 23.7 Å². The lowest BCUT2D eigenvalue weighted by Gasteiger charge is -2.07. The van der Waals surface area contributed by atoms with Gasteiger partial charge in [0.15, 0.2) is 5.78 Å². The van der Waals surface area contributed by atoms with Crippen LogP contribution in [0.4, 0.5) is 20.5 Å². The van der Waals surface area contributed by atoms with Crippen LogP contribution in [0.2, 0.25) is 0 Å². The Morgan fingerprint density at radius 1 is 1.34 bits per heavy atom. The highest BCUT2D eigenvalue weighted by molar-refractivity contribution is 5.99. The number of halogens is 2. The van der Waals surface area contributed by atoms with Gasteiger partial charge in [0, 0.05) is 36.3 Å². The van der Waals surface area contributed by atoms with Crippen molar-refractivity contribution in [3.8, 4) is 28.6 Å². The van der Waals surface area contributed by atoms with Crippen LogP contribution in [0.25, 0.3) is 22.5 Å². The Morgan fingerprint density at radius 3 is 2.75 bits per heavy atom. The van der Waals surface area contributed by atoms with E-state index in [0.29, 0.717) is 29.1 Å². The number of carbonyl (C=O) groups is 1. The molecule has 3 heterocycles. The van der Waals surface area contributed by atoms with Crippen molar-refractivity contribution in [3.05, 3.63) is 36.3 Å². The smallest absolute Gasteiger partial charge is 0.257 e. The molecule has 32 heavy (non-hydrogen) atoms. The number of rotatable bonds is 8. The number of nitrogens with two attached hydrogens (primary N) is 1. The number of nitrogen functional groups attached to an aromatic ring is 1. The fourth-order valence-corrected chi connectivity index (χ4v) is 2.77. The monoisotopic (exact) mass is 442 g/mol. The number of ketones is 1. The summed E-state index contributed by atoms with van der Waals surface area (Å²) in [5, 5.41) is 15.8. The van der Waals surface area contributed by atoms with Crippen LogP contribution in [0.5, 0.6) is 0 Å². The van der Waals surface area contributed by atoms with E-state index in [0.717, 1.165) is 4.68 Å². The highest BCUT2D eigenvalue weighted by Crippen LogP contribution is 2.31. The summed E-state index contributed by atoms with van der Waals surface area (Å²) in [6, 6.07) is 5.14. The van der Waals surface area contributed by atoms with Gasteiger partial charge in [-0.1, -0.05) is 13.8 Å². The van der Waals surface area contributed by atoms with Gasteiger partial charge in [-0.25, -0.2) is 23.7 Å². The molecular weight excluding hydrogens is 418 g/mol. The van der Waals surface area contributed by atoms with Crippen molar-refractivity contribution in [2.24, 2.45) is 0 Å². The van der Waals surface area contributed by atoms with Crippen molar-refractivity contribution in [2.45, 2.75) is 40.2 Å². The molecule has 3 aromatic rings. The molecule has 11 heteroatoms. The lowest BCUT2D eigenvalue weighted by atomic mass is 10.0. The lowest BCUT2D eigenvalue weighted by Crippen LogP contribution is -2.07. The minimum absolute atomic E-state index is 0.0748. The number of nitrogens with zero attached hydrogens (tertiary/aromatic N) is 6. The van der Waals surface area contributed by atoms with Crippen LogP contribution in [0.1, 0.15) is 37.6 Å². The van der Waals surface area contributed by atoms with Crippen LogP contribution in [-0.2, 0) is 6.54 Å². The minimum atomic E-state index is -2.60. The Kier molecular flexibility index (Phi) is 8.71. The van der Waals surface area contributed by atoms with Gasteiger partial charge in [-0.2, -0.15) is 10.4 Å². The molecule has 0 bridgehead atoms. The number of alkyl halides is 2. The molecule has 0 radical (unpaired) electrons. The first-order chi connectivity index (χ1) is 15.4. The van der Waals surface area contributed by atoms with Gasteiger partial charge in [-0.15, -0.1) is 0 Å². The summed E-state index contributed by atoms with van der Waals surface area (Å²) in [6.45, 7) is 5.12. The Balaban J connectivity index is 0.00000176. The number of hydrogen-bond acceptors (Lipinski definition) is 8. The molecule has 0 aliphatic rings. The molecule has 0 amide bonds. The Hall–Kier alpha value is -3.94. The van der Waals surface area contributed by atoms with Gasteiger partial charge in [0.2, 0.25) is 5.95 Å². The molecule has 3 aromatic heterocycles. The van der Waals surface area contributed by atoms with Crippen LogP contribution in [0.15, 0.2) is 30.7 Å². The third-order valence-corrected chi connectivity index (χ3v) is 4.11. The first kappa shape index (κ1) is 24.3. The molecule has 3 N–H and O–H groups in total. The van der Waals surface area contributed by atoms with Crippen LogP contribution in [0.3, 0.4) is 0 Å². The largest absolute Gasteiger partial charge is 0.383 e. The molecule has 0 fully saturated rings. The minimum Gasteiger partial charge on any atom is -0.383 e. The van der Waals surface area contributed by atoms with Crippen LogP contribution in [0, 0.1) is 11.3 Å². The number of Topliss-reactive ketones (excluding diaryl/α,β-unsaturated/α-hetero) is 1. The Labute approximate surface area is 184 Å². The van der Waals surface area contributed by atoms with E-state index in [1.54, 1.807) is 6.07 Å². The lowest BCUT2D eigenvalue weighted by molar-refractivity contribution is 0.101. The fraction of sp³-hybridized carbons (Fsp3) is 0.333. The van der Waals surface area contributed by atoms with Crippen LogP contribution >= 0.6 is 0 Å². The van der Waals surface area contributed by atoms with Gasteiger partial charge in [-0.05, 0) is 19.1 Å². The summed E-state index contributed by atoms with van der Waals surface area (Å²) in [5.74, 6) is 0.0856. The predicted molar refractivity (Wildman–Crippen MR) is 117 cm³/mol. The number of aromatic nitrogens is 5. The first-order valence-corrected chi connectivity index (χ1v) is 9.95. The molecule has 0 aliphatic carbocycles. The third kappa shape index (κ3) is 6.04. The van der Waals surface area contributed by atoms with Crippen LogP contribution in [-0.4, -0.2) is 43.5 Å². The third-order valence-electron chi connectivity index (χ3n) is 4.11. The van der Waals surface area contributed by atoms with E-state index < -0.39 is 13.0 Å². The van der Waals surface area contributed by atoms with Crippen molar-refractivity contribution >= 4 is 17.5 Å². The highest BCUT2D eigenvalue weighted by Gasteiger charge is 2.19. The predicted octanol–water partition coefficient (Wildman–Crippen LogP) is 3.80. The highest BCUT2D eigenvalue weighted by atomic mass is 19.3. The molecule has 168 valence electrons. The zero-order valence-electron chi connectivity index (χ0n) is 18.0.